The monoisotopic (exact) mass is 395 g/mol. The van der Waals surface area contributed by atoms with Gasteiger partial charge in [0.15, 0.2) is 0 Å². The Morgan fingerprint density at radius 2 is 1.69 bits per heavy atom. The Balaban J connectivity index is 1.34. The molecule has 2 aliphatic heterocycles. The number of ether oxygens (including phenoxy) is 1. The lowest BCUT2D eigenvalue weighted by atomic mass is 10.0. The van der Waals surface area contributed by atoms with E-state index in [2.05, 4.69) is 38.8 Å². The molecule has 3 heterocycles. The van der Waals surface area contributed by atoms with Gasteiger partial charge in [0, 0.05) is 57.3 Å². The van der Waals surface area contributed by atoms with Crippen molar-refractivity contribution < 1.29 is 9.53 Å². The molecule has 29 heavy (non-hydrogen) atoms. The Morgan fingerprint density at radius 1 is 1.00 bits per heavy atom. The summed E-state index contributed by atoms with van der Waals surface area (Å²) >= 11 is 0. The molecule has 2 aliphatic rings. The van der Waals surface area contributed by atoms with Crippen LogP contribution < -0.4 is 14.5 Å². The number of benzene rings is 1. The minimum absolute atomic E-state index is 0.0120. The first-order valence-electron chi connectivity index (χ1n) is 10.4. The van der Waals surface area contributed by atoms with Crippen molar-refractivity contribution >= 4 is 17.5 Å². The van der Waals surface area contributed by atoms with Gasteiger partial charge < -0.3 is 19.4 Å². The highest BCUT2D eigenvalue weighted by atomic mass is 16.5. The molecular formula is C22H29N5O2. The number of carbonyl (C=O) groups excluding carboxylic acids is 1. The summed E-state index contributed by atoms with van der Waals surface area (Å²) in [7, 11) is 1.67. The second-order valence-corrected chi connectivity index (χ2v) is 7.94. The summed E-state index contributed by atoms with van der Waals surface area (Å²) in [6.45, 7) is 7.24. The molecule has 0 saturated carbocycles. The van der Waals surface area contributed by atoms with Gasteiger partial charge in [0.05, 0.1) is 12.7 Å². The highest BCUT2D eigenvalue weighted by molar-refractivity contribution is 5.93. The van der Waals surface area contributed by atoms with Crippen LogP contribution in [0.1, 0.15) is 30.1 Å². The molecule has 2 aromatic rings. The fraction of sp³-hybridized carbons (Fsp3) is 0.500. The van der Waals surface area contributed by atoms with Gasteiger partial charge >= 0.3 is 0 Å². The number of hydrogen-bond acceptors (Lipinski definition) is 6. The average molecular weight is 396 g/mol. The minimum Gasteiger partial charge on any atom is -0.497 e. The fourth-order valence-corrected chi connectivity index (χ4v) is 4.11. The molecule has 154 valence electrons. The predicted molar refractivity (Wildman–Crippen MR) is 114 cm³/mol. The number of carbonyl (C=O) groups is 1. The van der Waals surface area contributed by atoms with Gasteiger partial charge in [-0.1, -0.05) is 6.92 Å². The van der Waals surface area contributed by atoms with Gasteiger partial charge in [0.1, 0.15) is 5.75 Å². The smallest absolute Gasteiger partial charge is 0.257 e. The second kappa shape index (κ2) is 8.68. The summed E-state index contributed by atoms with van der Waals surface area (Å²) < 4.78 is 5.22. The van der Waals surface area contributed by atoms with Crippen LogP contribution in [0.4, 0.5) is 11.6 Å². The summed E-state index contributed by atoms with van der Waals surface area (Å²) in [6, 6.07) is 8.05. The molecule has 0 aliphatic carbocycles. The van der Waals surface area contributed by atoms with Crippen molar-refractivity contribution in [1.29, 1.82) is 0 Å². The molecule has 1 unspecified atom stereocenters. The fourth-order valence-electron chi connectivity index (χ4n) is 4.11. The van der Waals surface area contributed by atoms with Gasteiger partial charge in [-0.15, -0.1) is 0 Å². The summed E-state index contributed by atoms with van der Waals surface area (Å²) in [5, 5.41) is 0. The summed E-state index contributed by atoms with van der Waals surface area (Å²) in [6.07, 6.45) is 5.79. The van der Waals surface area contributed by atoms with Gasteiger partial charge in [-0.3, -0.25) is 4.79 Å². The van der Waals surface area contributed by atoms with Crippen LogP contribution in [0.5, 0.6) is 5.75 Å². The Bertz CT molecular complexity index is 816. The lowest BCUT2D eigenvalue weighted by Gasteiger charge is -2.36. The maximum Gasteiger partial charge on any atom is 0.257 e. The summed E-state index contributed by atoms with van der Waals surface area (Å²) in [4.78, 5) is 28.2. The number of piperidine rings is 1. The van der Waals surface area contributed by atoms with Crippen molar-refractivity contribution in [2.24, 2.45) is 5.92 Å². The Hall–Kier alpha value is -2.83. The van der Waals surface area contributed by atoms with E-state index in [0.29, 0.717) is 24.6 Å². The highest BCUT2D eigenvalue weighted by Crippen LogP contribution is 2.22. The number of methoxy groups -OCH3 is 1. The minimum atomic E-state index is 0.0120. The molecule has 1 amide bonds. The van der Waals surface area contributed by atoms with E-state index in [1.807, 2.05) is 17.0 Å². The average Bonchev–Trinajstić information content (AvgIpc) is 2.79. The predicted octanol–water partition coefficient (Wildman–Crippen LogP) is 2.68. The second-order valence-electron chi connectivity index (χ2n) is 7.94. The third-order valence-electron chi connectivity index (χ3n) is 5.83. The van der Waals surface area contributed by atoms with E-state index >= 15 is 0 Å². The van der Waals surface area contributed by atoms with Crippen molar-refractivity contribution in [3.05, 3.63) is 42.2 Å². The topological polar surface area (TPSA) is 61.8 Å². The molecule has 1 atom stereocenters. The zero-order chi connectivity index (χ0) is 20.2. The van der Waals surface area contributed by atoms with E-state index in [-0.39, 0.29) is 5.91 Å². The van der Waals surface area contributed by atoms with Gasteiger partial charge in [0.25, 0.3) is 5.91 Å². The molecule has 1 aromatic heterocycles. The van der Waals surface area contributed by atoms with Crippen LogP contribution in [0.2, 0.25) is 0 Å². The molecular weight excluding hydrogens is 366 g/mol. The third kappa shape index (κ3) is 4.44. The van der Waals surface area contributed by atoms with Crippen LogP contribution >= 0.6 is 0 Å². The van der Waals surface area contributed by atoms with E-state index in [1.54, 1.807) is 19.5 Å². The van der Waals surface area contributed by atoms with Crippen molar-refractivity contribution in [3.63, 3.8) is 0 Å². The number of nitrogens with zero attached hydrogens (tertiary/aromatic N) is 5. The molecule has 0 N–H and O–H groups in total. The number of piperazine rings is 1. The number of rotatable bonds is 4. The van der Waals surface area contributed by atoms with Crippen LogP contribution in [0.15, 0.2) is 36.7 Å². The van der Waals surface area contributed by atoms with E-state index in [9.17, 15) is 4.79 Å². The number of hydrogen-bond donors (Lipinski definition) is 0. The van der Waals surface area contributed by atoms with E-state index < -0.39 is 0 Å². The molecule has 0 bridgehead atoms. The maximum absolute atomic E-state index is 12.9. The Kier molecular flexibility index (Phi) is 5.83. The molecule has 0 spiro atoms. The van der Waals surface area contributed by atoms with Gasteiger partial charge in [0.2, 0.25) is 5.95 Å². The Labute approximate surface area is 172 Å². The first kappa shape index (κ1) is 19.5. The molecule has 7 nitrogen and oxygen atoms in total. The molecule has 2 saturated heterocycles. The largest absolute Gasteiger partial charge is 0.497 e. The van der Waals surface area contributed by atoms with Crippen molar-refractivity contribution in [3.8, 4) is 5.75 Å². The highest BCUT2D eigenvalue weighted by Gasteiger charge is 2.24. The van der Waals surface area contributed by atoms with Crippen molar-refractivity contribution in [2.75, 3.05) is 56.2 Å². The molecule has 7 heteroatoms. The zero-order valence-corrected chi connectivity index (χ0v) is 17.3. The normalized spacial score (nSPS) is 19.9. The van der Waals surface area contributed by atoms with Crippen molar-refractivity contribution in [1.82, 2.24) is 14.9 Å². The van der Waals surface area contributed by atoms with E-state index in [4.69, 9.17) is 4.74 Å². The zero-order valence-electron chi connectivity index (χ0n) is 17.3. The van der Waals surface area contributed by atoms with E-state index in [0.717, 1.165) is 43.6 Å². The number of anilines is 2. The first-order chi connectivity index (χ1) is 14.1. The lowest BCUT2D eigenvalue weighted by Crippen LogP contribution is -2.48. The lowest BCUT2D eigenvalue weighted by molar-refractivity contribution is 0.0746. The maximum atomic E-state index is 12.9. The van der Waals surface area contributed by atoms with Gasteiger partial charge in [-0.25, -0.2) is 9.97 Å². The van der Waals surface area contributed by atoms with Crippen LogP contribution in [0, 0.1) is 5.92 Å². The molecule has 1 aromatic carbocycles. The van der Waals surface area contributed by atoms with Crippen LogP contribution in [-0.4, -0.2) is 67.2 Å². The first-order valence-corrected chi connectivity index (χ1v) is 10.4. The Morgan fingerprint density at radius 3 is 2.31 bits per heavy atom. The third-order valence-corrected chi connectivity index (χ3v) is 5.83. The molecule has 2 fully saturated rings. The quantitative estimate of drug-likeness (QED) is 0.793. The van der Waals surface area contributed by atoms with Crippen LogP contribution in [0.3, 0.4) is 0 Å². The van der Waals surface area contributed by atoms with Crippen molar-refractivity contribution in [2.45, 2.75) is 19.8 Å². The van der Waals surface area contributed by atoms with Gasteiger partial charge in [-0.2, -0.15) is 0 Å². The van der Waals surface area contributed by atoms with Crippen LogP contribution in [0.25, 0.3) is 0 Å². The summed E-state index contributed by atoms with van der Waals surface area (Å²) in [5.74, 6) is 2.26. The molecule has 4 rings (SSSR count). The van der Waals surface area contributed by atoms with Gasteiger partial charge in [-0.05, 0) is 43.0 Å². The summed E-state index contributed by atoms with van der Waals surface area (Å²) in [5.41, 5.74) is 1.72. The number of amides is 1. The van der Waals surface area contributed by atoms with Crippen LogP contribution in [-0.2, 0) is 0 Å². The SMILES string of the molecule is COc1ccc(N2CCN(C(=O)c3cnc(N4CCCC(C)C4)nc3)CC2)cc1. The number of aromatic nitrogens is 2. The standard InChI is InChI=1S/C22H29N5O2/c1-17-4-3-9-27(16-17)22-23-14-18(15-24-22)21(28)26-12-10-25(11-13-26)19-5-7-20(29-2)8-6-19/h5-8,14-15,17H,3-4,9-13,16H2,1-2H3. The van der Waals surface area contributed by atoms with E-state index in [1.165, 1.54) is 12.8 Å². The molecule has 0 radical (unpaired) electrons.